The number of aromatic amines is 1. The van der Waals surface area contributed by atoms with E-state index in [1.54, 1.807) is 16.6 Å². The third kappa shape index (κ3) is 3.99. The molecule has 1 amide bonds. The molecule has 28 heavy (non-hydrogen) atoms. The van der Waals surface area contributed by atoms with Crippen LogP contribution in [0.25, 0.3) is 11.0 Å². The van der Waals surface area contributed by atoms with E-state index in [9.17, 15) is 9.59 Å². The van der Waals surface area contributed by atoms with E-state index in [1.807, 2.05) is 32.0 Å². The summed E-state index contributed by atoms with van der Waals surface area (Å²) in [7, 11) is 1.76. The fourth-order valence-corrected chi connectivity index (χ4v) is 3.60. The average Bonchev–Trinajstić information content (AvgIpc) is 2.96. The van der Waals surface area contributed by atoms with Gasteiger partial charge < -0.3 is 10.6 Å². The number of benzene rings is 1. The Labute approximate surface area is 164 Å². The van der Waals surface area contributed by atoms with Crippen LogP contribution in [0.5, 0.6) is 0 Å². The van der Waals surface area contributed by atoms with Crippen LogP contribution in [0.15, 0.2) is 35.1 Å². The molecule has 0 aliphatic carbocycles. The molecular formula is C21H27N5O2. The number of pyridine rings is 1. The normalized spacial score (nSPS) is 11.1. The summed E-state index contributed by atoms with van der Waals surface area (Å²) in [4.78, 5) is 31.6. The third-order valence-corrected chi connectivity index (χ3v) is 5.17. The SMILES string of the molecule is Cc1nc2c(c(C)c1CC(=O)N(CCN)CCc1ccccc1)c(=O)[nH]n2C. The summed E-state index contributed by atoms with van der Waals surface area (Å²) >= 11 is 0. The van der Waals surface area contributed by atoms with E-state index in [0.29, 0.717) is 30.7 Å². The van der Waals surface area contributed by atoms with Crippen molar-refractivity contribution in [1.29, 1.82) is 0 Å². The van der Waals surface area contributed by atoms with Gasteiger partial charge in [-0.3, -0.25) is 19.4 Å². The van der Waals surface area contributed by atoms with Gasteiger partial charge in [-0.2, -0.15) is 0 Å². The van der Waals surface area contributed by atoms with Gasteiger partial charge in [0.05, 0.1) is 11.8 Å². The first-order valence-electron chi connectivity index (χ1n) is 9.49. The summed E-state index contributed by atoms with van der Waals surface area (Å²) in [6.07, 6.45) is 0.990. The maximum Gasteiger partial charge on any atom is 0.273 e. The van der Waals surface area contributed by atoms with Crippen LogP contribution in [0.3, 0.4) is 0 Å². The van der Waals surface area contributed by atoms with Gasteiger partial charge in [0.25, 0.3) is 5.56 Å². The van der Waals surface area contributed by atoms with Gasteiger partial charge >= 0.3 is 0 Å². The maximum atomic E-state index is 13.0. The smallest absolute Gasteiger partial charge is 0.273 e. The summed E-state index contributed by atoms with van der Waals surface area (Å²) in [5.74, 6) is 0.00101. The Balaban J connectivity index is 1.83. The summed E-state index contributed by atoms with van der Waals surface area (Å²) in [6, 6.07) is 10.1. The van der Waals surface area contributed by atoms with E-state index >= 15 is 0 Å². The van der Waals surface area contributed by atoms with Gasteiger partial charge in [0.2, 0.25) is 5.91 Å². The number of fused-ring (bicyclic) bond motifs is 1. The molecule has 3 rings (SSSR count). The molecule has 0 radical (unpaired) electrons. The van der Waals surface area contributed by atoms with Gasteiger partial charge in [0, 0.05) is 32.4 Å². The Morgan fingerprint density at radius 1 is 1.21 bits per heavy atom. The second-order valence-electron chi connectivity index (χ2n) is 7.08. The van der Waals surface area contributed by atoms with E-state index < -0.39 is 0 Å². The van der Waals surface area contributed by atoms with Crippen molar-refractivity contribution in [2.24, 2.45) is 12.8 Å². The van der Waals surface area contributed by atoms with Gasteiger partial charge in [-0.05, 0) is 37.0 Å². The van der Waals surface area contributed by atoms with Crippen molar-refractivity contribution in [2.75, 3.05) is 19.6 Å². The lowest BCUT2D eigenvalue weighted by Gasteiger charge is -2.23. The monoisotopic (exact) mass is 381 g/mol. The fraction of sp³-hybridized carbons (Fsp3) is 0.381. The minimum Gasteiger partial charge on any atom is -0.341 e. The molecule has 0 aliphatic rings. The molecule has 1 aromatic carbocycles. The molecule has 0 bridgehead atoms. The molecule has 0 fully saturated rings. The molecule has 0 aliphatic heterocycles. The molecule has 0 unspecified atom stereocenters. The van der Waals surface area contributed by atoms with Crippen molar-refractivity contribution in [2.45, 2.75) is 26.7 Å². The molecule has 7 nitrogen and oxygen atoms in total. The lowest BCUT2D eigenvalue weighted by molar-refractivity contribution is -0.130. The van der Waals surface area contributed by atoms with Crippen LogP contribution in [0, 0.1) is 13.8 Å². The number of carbonyl (C=O) groups excluding carboxylic acids is 1. The highest BCUT2D eigenvalue weighted by Crippen LogP contribution is 2.21. The van der Waals surface area contributed by atoms with Crippen LogP contribution in [-0.2, 0) is 24.7 Å². The van der Waals surface area contributed by atoms with Crippen molar-refractivity contribution in [3.05, 3.63) is 63.1 Å². The number of hydrogen-bond donors (Lipinski definition) is 2. The minimum absolute atomic E-state index is 0.00101. The molecule has 2 heterocycles. The highest BCUT2D eigenvalue weighted by Gasteiger charge is 2.20. The molecule has 0 spiro atoms. The predicted molar refractivity (Wildman–Crippen MR) is 110 cm³/mol. The number of carbonyl (C=O) groups is 1. The molecule has 0 saturated carbocycles. The number of aryl methyl sites for hydroxylation is 3. The standard InChI is InChI=1S/C21H27N5O2/c1-14-17(15(2)23-20-19(14)21(28)24-25(20)3)13-18(27)26(12-10-22)11-9-16-7-5-4-6-8-16/h4-8H,9-13,22H2,1-3H3,(H,24,28). The average molecular weight is 381 g/mol. The quantitative estimate of drug-likeness (QED) is 0.647. The number of rotatable bonds is 7. The van der Waals surface area contributed by atoms with Crippen LogP contribution < -0.4 is 11.3 Å². The second kappa shape index (κ2) is 8.39. The molecule has 7 heteroatoms. The summed E-state index contributed by atoms with van der Waals surface area (Å²) in [5.41, 5.74) is 9.74. The number of H-pyrrole nitrogens is 1. The van der Waals surface area contributed by atoms with Gasteiger partial charge in [0.15, 0.2) is 5.65 Å². The number of nitrogens with one attached hydrogen (secondary N) is 1. The number of hydrogen-bond acceptors (Lipinski definition) is 4. The fourth-order valence-electron chi connectivity index (χ4n) is 3.60. The zero-order valence-electron chi connectivity index (χ0n) is 16.7. The zero-order chi connectivity index (χ0) is 20.3. The van der Waals surface area contributed by atoms with Crippen molar-refractivity contribution < 1.29 is 4.79 Å². The molecule has 0 saturated heterocycles. The molecule has 148 valence electrons. The highest BCUT2D eigenvalue weighted by molar-refractivity contribution is 5.84. The van der Waals surface area contributed by atoms with Crippen molar-refractivity contribution >= 4 is 16.9 Å². The summed E-state index contributed by atoms with van der Waals surface area (Å²) in [6.45, 7) is 5.29. The Morgan fingerprint density at radius 2 is 1.93 bits per heavy atom. The van der Waals surface area contributed by atoms with E-state index in [0.717, 1.165) is 23.2 Å². The van der Waals surface area contributed by atoms with Crippen LogP contribution >= 0.6 is 0 Å². The molecule has 3 aromatic rings. The minimum atomic E-state index is -0.181. The summed E-state index contributed by atoms with van der Waals surface area (Å²) < 4.78 is 1.61. The van der Waals surface area contributed by atoms with Crippen molar-refractivity contribution in [1.82, 2.24) is 19.7 Å². The first-order chi connectivity index (χ1) is 13.4. The Kier molecular flexibility index (Phi) is 5.94. The van der Waals surface area contributed by atoms with Gasteiger partial charge in [-0.1, -0.05) is 30.3 Å². The molecule has 3 N–H and O–H groups in total. The van der Waals surface area contributed by atoms with Crippen LogP contribution in [0.2, 0.25) is 0 Å². The number of aromatic nitrogens is 3. The topological polar surface area (TPSA) is 97.0 Å². The van der Waals surface area contributed by atoms with Crippen molar-refractivity contribution in [3.63, 3.8) is 0 Å². The van der Waals surface area contributed by atoms with E-state index in [2.05, 4.69) is 22.2 Å². The lowest BCUT2D eigenvalue weighted by Crippen LogP contribution is -2.38. The summed E-state index contributed by atoms with van der Waals surface area (Å²) in [5, 5.41) is 3.28. The zero-order valence-corrected chi connectivity index (χ0v) is 16.7. The Bertz CT molecular complexity index is 1040. The number of amides is 1. The molecular weight excluding hydrogens is 354 g/mol. The molecule has 2 aromatic heterocycles. The largest absolute Gasteiger partial charge is 0.341 e. The number of nitrogens with zero attached hydrogens (tertiary/aromatic N) is 3. The van der Waals surface area contributed by atoms with Crippen LogP contribution in [0.1, 0.15) is 22.4 Å². The number of nitrogens with two attached hydrogens (primary N) is 1. The first kappa shape index (κ1) is 19.8. The van der Waals surface area contributed by atoms with E-state index in [1.165, 1.54) is 5.56 Å². The van der Waals surface area contributed by atoms with Gasteiger partial charge in [0.1, 0.15) is 0 Å². The second-order valence-corrected chi connectivity index (χ2v) is 7.08. The first-order valence-corrected chi connectivity index (χ1v) is 9.49. The van der Waals surface area contributed by atoms with Crippen molar-refractivity contribution in [3.8, 4) is 0 Å². The Hall–Kier alpha value is -2.93. The van der Waals surface area contributed by atoms with Gasteiger partial charge in [-0.15, -0.1) is 0 Å². The lowest BCUT2D eigenvalue weighted by atomic mass is 10.0. The van der Waals surface area contributed by atoms with E-state index in [-0.39, 0.29) is 17.9 Å². The predicted octanol–water partition coefficient (Wildman–Crippen LogP) is 1.45. The van der Waals surface area contributed by atoms with Crippen LogP contribution in [0.4, 0.5) is 0 Å². The third-order valence-electron chi connectivity index (χ3n) is 5.17. The Morgan fingerprint density at radius 3 is 2.61 bits per heavy atom. The van der Waals surface area contributed by atoms with Gasteiger partial charge in [-0.25, -0.2) is 4.98 Å². The van der Waals surface area contributed by atoms with E-state index in [4.69, 9.17) is 5.73 Å². The maximum absolute atomic E-state index is 13.0. The highest BCUT2D eigenvalue weighted by atomic mass is 16.2. The van der Waals surface area contributed by atoms with Crippen LogP contribution in [-0.4, -0.2) is 45.2 Å². The molecule has 0 atom stereocenters.